The van der Waals surface area contributed by atoms with Crippen LogP contribution in [0.3, 0.4) is 0 Å². The lowest BCUT2D eigenvalue weighted by Crippen LogP contribution is -2.50. The van der Waals surface area contributed by atoms with E-state index in [0.29, 0.717) is 17.9 Å². The maximum absolute atomic E-state index is 13.7. The zero-order valence-corrected chi connectivity index (χ0v) is 22.3. The van der Waals surface area contributed by atoms with Crippen molar-refractivity contribution in [2.75, 3.05) is 0 Å². The zero-order chi connectivity index (χ0) is 28.2. The Hall–Kier alpha value is -4.50. The molecule has 0 saturated heterocycles. The van der Waals surface area contributed by atoms with E-state index in [4.69, 9.17) is 19.2 Å². The fourth-order valence-corrected chi connectivity index (χ4v) is 5.47. The van der Waals surface area contributed by atoms with Gasteiger partial charge in [0, 0.05) is 16.5 Å². The average Bonchev–Trinajstić information content (AvgIpc) is 3.31. The van der Waals surface area contributed by atoms with Gasteiger partial charge in [-0.15, -0.1) is 0 Å². The van der Waals surface area contributed by atoms with Crippen LogP contribution >= 0.6 is 0 Å². The van der Waals surface area contributed by atoms with Crippen molar-refractivity contribution < 1.29 is 28.9 Å². The number of hydrogen-bond acceptors (Lipinski definition) is 7. The van der Waals surface area contributed by atoms with Crippen LogP contribution in [0.5, 0.6) is 5.75 Å². The molecule has 2 aromatic heterocycles. The van der Waals surface area contributed by atoms with Crippen LogP contribution in [0.15, 0.2) is 65.5 Å². The summed E-state index contributed by atoms with van der Waals surface area (Å²) >= 11 is 0. The summed E-state index contributed by atoms with van der Waals surface area (Å²) in [6, 6.07) is 18.4. The number of carboxylic acid groups (broad SMARTS) is 1. The lowest BCUT2D eigenvalue weighted by Gasteiger charge is -2.37. The third-order valence-corrected chi connectivity index (χ3v) is 7.68. The van der Waals surface area contributed by atoms with Crippen LogP contribution in [0.4, 0.5) is 0 Å². The molecule has 1 unspecified atom stereocenters. The Morgan fingerprint density at radius 2 is 1.88 bits per heavy atom. The first kappa shape index (κ1) is 25.8. The maximum atomic E-state index is 13.7. The molecule has 9 heteroatoms. The van der Waals surface area contributed by atoms with Crippen LogP contribution in [0, 0.1) is 0 Å². The Kier molecular flexibility index (Phi) is 6.18. The molecule has 0 radical (unpaired) electrons. The van der Waals surface area contributed by atoms with Crippen molar-refractivity contribution in [2.45, 2.75) is 58.2 Å². The van der Waals surface area contributed by atoms with Crippen LogP contribution in [0.2, 0.25) is 0 Å². The Morgan fingerprint density at radius 1 is 1.12 bits per heavy atom. The first-order valence-electron chi connectivity index (χ1n) is 13.2. The van der Waals surface area contributed by atoms with Gasteiger partial charge in [0.1, 0.15) is 12.4 Å². The van der Waals surface area contributed by atoms with E-state index in [1.807, 2.05) is 56.3 Å². The van der Waals surface area contributed by atoms with E-state index in [9.17, 15) is 19.5 Å². The summed E-state index contributed by atoms with van der Waals surface area (Å²) in [5.41, 5.74) is 2.21. The van der Waals surface area contributed by atoms with E-state index < -0.39 is 23.8 Å². The van der Waals surface area contributed by atoms with Gasteiger partial charge in [-0.3, -0.25) is 4.79 Å². The predicted octanol–water partition coefficient (Wildman–Crippen LogP) is 4.72. The molecule has 0 fully saturated rings. The Balaban J connectivity index is 1.44. The summed E-state index contributed by atoms with van der Waals surface area (Å²) in [5.74, 6) is -1.64. The number of carbonyl (C=O) groups is 2. The summed E-state index contributed by atoms with van der Waals surface area (Å²) in [6.45, 7) is 5.87. The second-order valence-electron chi connectivity index (χ2n) is 10.4. The number of esters is 1. The first-order valence-corrected chi connectivity index (χ1v) is 13.2. The number of carbonyl (C=O) groups excluding carboxylic acids is 1. The van der Waals surface area contributed by atoms with Gasteiger partial charge in [0.05, 0.1) is 29.0 Å². The Morgan fingerprint density at radius 3 is 2.58 bits per heavy atom. The molecule has 2 aliphatic rings. The summed E-state index contributed by atoms with van der Waals surface area (Å²) in [4.78, 5) is 44.2. The van der Waals surface area contributed by atoms with Crippen molar-refractivity contribution in [1.29, 1.82) is 0 Å². The lowest BCUT2D eigenvalue weighted by atomic mass is 9.85. The maximum Gasteiger partial charge on any atom is 0.373 e. The highest BCUT2D eigenvalue weighted by molar-refractivity contribution is 5.87. The van der Waals surface area contributed by atoms with Crippen LogP contribution in [-0.4, -0.2) is 32.9 Å². The number of nitrogens with zero attached hydrogens (tertiary/aromatic N) is 2. The minimum atomic E-state index is -1.87. The SMILES string of the molecule is CC[C@@]1(OC(Oc2ccc(C(C)C)cc2)C(=O)O)C(=O)OCc2c1cc1n(c2=O)Cc2cc3ccccc3nc2-1. The summed E-state index contributed by atoms with van der Waals surface area (Å²) in [6.07, 6.45) is -1.83. The minimum absolute atomic E-state index is 0.0131. The van der Waals surface area contributed by atoms with Crippen molar-refractivity contribution in [1.82, 2.24) is 9.55 Å². The average molecular weight is 541 g/mol. The summed E-state index contributed by atoms with van der Waals surface area (Å²) < 4.78 is 18.8. The van der Waals surface area contributed by atoms with Crippen LogP contribution < -0.4 is 10.3 Å². The Bertz CT molecular complexity index is 1720. The number of pyridine rings is 2. The molecule has 2 aromatic carbocycles. The van der Waals surface area contributed by atoms with E-state index >= 15 is 0 Å². The van der Waals surface area contributed by atoms with Crippen molar-refractivity contribution in [3.8, 4) is 17.1 Å². The van der Waals surface area contributed by atoms with Crippen LogP contribution in [-0.2, 0) is 37.8 Å². The molecule has 0 aliphatic carbocycles. The molecule has 0 amide bonds. The molecule has 4 heterocycles. The van der Waals surface area contributed by atoms with Gasteiger partial charge in [-0.1, -0.05) is 51.1 Å². The van der Waals surface area contributed by atoms with E-state index in [1.54, 1.807) is 29.7 Å². The van der Waals surface area contributed by atoms with Gasteiger partial charge >= 0.3 is 18.2 Å². The number of aromatic nitrogens is 2. The summed E-state index contributed by atoms with van der Waals surface area (Å²) in [7, 11) is 0. The Labute approximate surface area is 229 Å². The zero-order valence-electron chi connectivity index (χ0n) is 22.3. The smallest absolute Gasteiger partial charge is 0.373 e. The highest BCUT2D eigenvalue weighted by Gasteiger charge is 2.51. The number of ether oxygens (including phenoxy) is 3. The highest BCUT2D eigenvalue weighted by atomic mass is 16.7. The molecule has 4 aromatic rings. The highest BCUT2D eigenvalue weighted by Crippen LogP contribution is 2.41. The number of para-hydroxylation sites is 1. The van der Waals surface area contributed by atoms with Gasteiger partial charge in [0.15, 0.2) is 5.60 Å². The molecule has 204 valence electrons. The standard InChI is InChI=1S/C31H28N2O7/c1-4-31(40-29(28(35)36)39-21-11-9-18(10-12-21)17(2)3)23-14-25-26-20(13-19-7-5-6-8-24(19)32-26)15-33(25)27(34)22(23)16-38-30(31)37/h5-14,17,29H,4,15-16H2,1-3H3,(H,35,36)/t29?,31-/m0/s1. The van der Waals surface area contributed by atoms with Crippen molar-refractivity contribution in [2.24, 2.45) is 0 Å². The van der Waals surface area contributed by atoms with Gasteiger partial charge < -0.3 is 23.9 Å². The van der Waals surface area contributed by atoms with Crippen LogP contribution in [0.1, 0.15) is 55.4 Å². The largest absolute Gasteiger partial charge is 0.477 e. The van der Waals surface area contributed by atoms with Crippen molar-refractivity contribution in [3.05, 3.63) is 93.3 Å². The molecule has 1 N–H and O–H groups in total. The number of rotatable bonds is 7. The molecule has 0 saturated carbocycles. The molecular formula is C31H28N2O7. The number of aliphatic carboxylic acids is 1. The van der Waals surface area contributed by atoms with Crippen molar-refractivity contribution in [3.63, 3.8) is 0 Å². The number of carboxylic acids is 1. The monoisotopic (exact) mass is 540 g/mol. The molecule has 0 spiro atoms. The lowest BCUT2D eigenvalue weighted by molar-refractivity contribution is -0.220. The molecule has 2 atom stereocenters. The van der Waals surface area contributed by atoms with Gasteiger partial charge in [-0.2, -0.15) is 0 Å². The van der Waals surface area contributed by atoms with Crippen molar-refractivity contribution >= 4 is 22.8 Å². The number of cyclic esters (lactones) is 1. The normalized spacial score (nSPS) is 18.1. The number of hydrogen-bond donors (Lipinski definition) is 1. The van der Waals surface area contributed by atoms with E-state index in [-0.39, 0.29) is 41.4 Å². The van der Waals surface area contributed by atoms with E-state index in [2.05, 4.69) is 0 Å². The molecule has 2 aliphatic heterocycles. The second-order valence-corrected chi connectivity index (χ2v) is 10.4. The number of fused-ring (bicyclic) bond motifs is 5. The van der Waals surface area contributed by atoms with Gasteiger partial charge in [-0.25, -0.2) is 14.6 Å². The first-order chi connectivity index (χ1) is 19.2. The third kappa shape index (κ3) is 4.05. The molecule has 6 rings (SSSR count). The fraction of sp³-hybridized carbons (Fsp3) is 0.290. The summed E-state index contributed by atoms with van der Waals surface area (Å²) in [5, 5.41) is 11.0. The van der Waals surface area contributed by atoms with E-state index in [1.165, 1.54) is 0 Å². The second kappa shape index (κ2) is 9.60. The number of benzene rings is 2. The van der Waals surface area contributed by atoms with Gasteiger partial charge in [0.25, 0.3) is 5.56 Å². The van der Waals surface area contributed by atoms with E-state index in [0.717, 1.165) is 22.0 Å². The minimum Gasteiger partial charge on any atom is -0.477 e. The van der Waals surface area contributed by atoms with Crippen LogP contribution in [0.25, 0.3) is 22.3 Å². The fourth-order valence-electron chi connectivity index (χ4n) is 5.47. The molecule has 40 heavy (non-hydrogen) atoms. The molecule has 9 nitrogen and oxygen atoms in total. The topological polar surface area (TPSA) is 117 Å². The van der Waals surface area contributed by atoms with Gasteiger partial charge in [0.2, 0.25) is 0 Å². The third-order valence-electron chi connectivity index (χ3n) is 7.68. The quantitative estimate of drug-likeness (QED) is 0.233. The van der Waals surface area contributed by atoms with Gasteiger partial charge in [-0.05, 0) is 48.2 Å². The molecule has 0 bridgehead atoms. The molecular weight excluding hydrogens is 512 g/mol. The predicted molar refractivity (Wildman–Crippen MR) is 146 cm³/mol.